The Morgan fingerprint density at radius 2 is 1.95 bits per heavy atom. The van der Waals surface area contributed by atoms with Gasteiger partial charge >= 0.3 is 0 Å². The number of hydrogen-bond donors (Lipinski definition) is 2. The Morgan fingerprint density at radius 1 is 1.14 bits per heavy atom. The number of amides is 2. The lowest BCUT2D eigenvalue weighted by Crippen LogP contribution is -2.49. The van der Waals surface area contributed by atoms with Crippen LogP contribution in [0, 0.1) is 0 Å². The summed E-state index contributed by atoms with van der Waals surface area (Å²) in [6, 6.07) is 8.96. The summed E-state index contributed by atoms with van der Waals surface area (Å²) >= 11 is 0. The minimum absolute atomic E-state index is 0.0787. The number of rotatable bonds is 3. The Labute approximate surface area is 124 Å². The number of likely N-dealkylation sites (tertiary alicyclic amines) is 1. The maximum absolute atomic E-state index is 12.5. The van der Waals surface area contributed by atoms with Gasteiger partial charge in [-0.3, -0.25) is 9.59 Å². The van der Waals surface area contributed by atoms with Crippen LogP contribution in [-0.2, 0) is 9.59 Å². The smallest absolute Gasteiger partial charge is 0.247 e. The van der Waals surface area contributed by atoms with Crippen LogP contribution in [0.4, 0.5) is 5.69 Å². The maximum atomic E-state index is 12.5. The van der Waals surface area contributed by atoms with Gasteiger partial charge in [0.1, 0.15) is 6.04 Å². The predicted molar refractivity (Wildman–Crippen MR) is 80.8 cm³/mol. The summed E-state index contributed by atoms with van der Waals surface area (Å²) in [7, 11) is 0. The standard InChI is InChI=1S/C16H21N3O2/c20-15(18-12-6-2-1-3-7-12)14-9-5-11-19(14)16(21)13-8-4-10-17-13/h1-3,6-7,13-14,17H,4-5,8-11H2,(H,18,20)/t13-,14-/m1/s1. The molecule has 0 aromatic heterocycles. The molecule has 0 unspecified atom stereocenters. The fourth-order valence-electron chi connectivity index (χ4n) is 3.15. The number of benzene rings is 1. The second kappa shape index (κ2) is 6.26. The van der Waals surface area contributed by atoms with Crippen LogP contribution < -0.4 is 10.6 Å². The van der Waals surface area contributed by atoms with Crippen molar-refractivity contribution in [3.05, 3.63) is 30.3 Å². The van der Waals surface area contributed by atoms with E-state index < -0.39 is 0 Å². The lowest BCUT2D eigenvalue weighted by Gasteiger charge is -2.26. The van der Waals surface area contributed by atoms with Gasteiger partial charge in [-0.1, -0.05) is 18.2 Å². The van der Waals surface area contributed by atoms with Gasteiger partial charge in [-0.15, -0.1) is 0 Å². The first-order chi connectivity index (χ1) is 10.3. The number of para-hydroxylation sites is 1. The zero-order valence-corrected chi connectivity index (χ0v) is 12.0. The fourth-order valence-corrected chi connectivity index (χ4v) is 3.15. The highest BCUT2D eigenvalue weighted by molar-refractivity contribution is 5.98. The summed E-state index contributed by atoms with van der Waals surface area (Å²) in [6.45, 7) is 1.58. The second-order valence-electron chi connectivity index (χ2n) is 5.69. The first-order valence-electron chi connectivity index (χ1n) is 7.65. The molecule has 2 saturated heterocycles. The van der Waals surface area contributed by atoms with Gasteiger partial charge in [-0.25, -0.2) is 0 Å². The Kier molecular flexibility index (Phi) is 4.20. The van der Waals surface area contributed by atoms with Gasteiger partial charge in [-0.2, -0.15) is 0 Å². The van der Waals surface area contributed by atoms with Crippen LogP contribution >= 0.6 is 0 Å². The molecule has 2 atom stereocenters. The van der Waals surface area contributed by atoms with Crippen LogP contribution in [0.5, 0.6) is 0 Å². The summed E-state index contributed by atoms with van der Waals surface area (Å²) in [5, 5.41) is 6.13. The third-order valence-electron chi connectivity index (χ3n) is 4.24. The molecule has 0 spiro atoms. The average Bonchev–Trinajstić information content (AvgIpc) is 3.19. The quantitative estimate of drug-likeness (QED) is 0.882. The van der Waals surface area contributed by atoms with E-state index in [1.165, 1.54) is 0 Å². The number of carbonyl (C=O) groups excluding carboxylic acids is 2. The number of hydrogen-bond acceptors (Lipinski definition) is 3. The molecule has 2 heterocycles. The molecule has 0 bridgehead atoms. The second-order valence-corrected chi connectivity index (χ2v) is 5.69. The van der Waals surface area contributed by atoms with Crippen molar-refractivity contribution in [2.45, 2.75) is 37.8 Å². The Bertz CT molecular complexity index is 512. The Balaban J connectivity index is 1.65. The molecule has 0 saturated carbocycles. The van der Waals surface area contributed by atoms with Crippen molar-refractivity contribution in [2.24, 2.45) is 0 Å². The van der Waals surface area contributed by atoms with E-state index >= 15 is 0 Å². The maximum Gasteiger partial charge on any atom is 0.247 e. The molecular weight excluding hydrogens is 266 g/mol. The summed E-state index contributed by atoms with van der Waals surface area (Å²) in [5.74, 6) is 0.00302. The average molecular weight is 287 g/mol. The largest absolute Gasteiger partial charge is 0.329 e. The molecule has 2 aliphatic heterocycles. The van der Waals surface area contributed by atoms with Gasteiger partial charge in [0, 0.05) is 12.2 Å². The first-order valence-corrected chi connectivity index (χ1v) is 7.65. The van der Waals surface area contributed by atoms with Crippen LogP contribution in [-0.4, -0.2) is 41.9 Å². The van der Waals surface area contributed by atoms with E-state index in [1.54, 1.807) is 4.90 Å². The van der Waals surface area contributed by atoms with Gasteiger partial charge in [0.25, 0.3) is 0 Å². The highest BCUT2D eigenvalue weighted by Crippen LogP contribution is 2.22. The first kappa shape index (κ1) is 14.1. The highest BCUT2D eigenvalue weighted by atomic mass is 16.2. The molecule has 2 aliphatic rings. The molecule has 3 rings (SSSR count). The molecular formula is C16H21N3O2. The SMILES string of the molecule is O=C(Nc1ccccc1)[C@H]1CCCN1C(=O)[C@H]1CCCN1. The lowest BCUT2D eigenvalue weighted by molar-refractivity contribution is -0.138. The summed E-state index contributed by atoms with van der Waals surface area (Å²) in [5.41, 5.74) is 0.779. The van der Waals surface area contributed by atoms with E-state index in [1.807, 2.05) is 30.3 Å². The van der Waals surface area contributed by atoms with E-state index in [4.69, 9.17) is 0 Å². The molecule has 2 amide bonds. The molecule has 0 radical (unpaired) electrons. The van der Waals surface area contributed by atoms with Crippen molar-refractivity contribution in [1.29, 1.82) is 0 Å². The zero-order chi connectivity index (χ0) is 14.7. The minimum atomic E-state index is -0.333. The van der Waals surface area contributed by atoms with Crippen LogP contribution in [0.3, 0.4) is 0 Å². The zero-order valence-electron chi connectivity index (χ0n) is 12.0. The monoisotopic (exact) mass is 287 g/mol. The third-order valence-corrected chi connectivity index (χ3v) is 4.24. The normalized spacial score (nSPS) is 25.0. The van der Waals surface area contributed by atoms with Crippen LogP contribution in [0.25, 0.3) is 0 Å². The van der Waals surface area contributed by atoms with Crippen LogP contribution in [0.15, 0.2) is 30.3 Å². The van der Waals surface area contributed by atoms with E-state index in [0.717, 1.165) is 37.9 Å². The predicted octanol–water partition coefficient (Wildman–Crippen LogP) is 1.37. The summed E-state index contributed by atoms with van der Waals surface area (Å²) in [4.78, 5) is 26.7. The van der Waals surface area contributed by atoms with E-state index in [2.05, 4.69) is 10.6 Å². The Hall–Kier alpha value is -1.88. The molecule has 5 nitrogen and oxygen atoms in total. The summed E-state index contributed by atoms with van der Waals surface area (Å²) < 4.78 is 0. The van der Waals surface area contributed by atoms with Gasteiger partial charge in [0.2, 0.25) is 11.8 Å². The van der Waals surface area contributed by atoms with E-state index in [-0.39, 0.29) is 23.9 Å². The molecule has 1 aromatic carbocycles. The molecule has 112 valence electrons. The van der Waals surface area contributed by atoms with Crippen molar-refractivity contribution in [3.8, 4) is 0 Å². The van der Waals surface area contributed by atoms with Crippen molar-refractivity contribution in [2.75, 3.05) is 18.4 Å². The molecule has 5 heteroatoms. The highest BCUT2D eigenvalue weighted by Gasteiger charge is 2.37. The van der Waals surface area contributed by atoms with E-state index in [0.29, 0.717) is 6.54 Å². The number of anilines is 1. The summed E-state index contributed by atoms with van der Waals surface area (Å²) in [6.07, 6.45) is 3.55. The lowest BCUT2D eigenvalue weighted by atomic mass is 10.1. The number of nitrogens with one attached hydrogen (secondary N) is 2. The number of nitrogens with zero attached hydrogens (tertiary/aromatic N) is 1. The molecule has 21 heavy (non-hydrogen) atoms. The van der Waals surface area contributed by atoms with Gasteiger partial charge in [0.15, 0.2) is 0 Å². The van der Waals surface area contributed by atoms with Gasteiger partial charge < -0.3 is 15.5 Å². The van der Waals surface area contributed by atoms with E-state index in [9.17, 15) is 9.59 Å². The van der Waals surface area contributed by atoms with Gasteiger partial charge in [0.05, 0.1) is 6.04 Å². The topological polar surface area (TPSA) is 61.4 Å². The van der Waals surface area contributed by atoms with Crippen LogP contribution in [0.2, 0.25) is 0 Å². The third kappa shape index (κ3) is 3.08. The van der Waals surface area contributed by atoms with Crippen molar-refractivity contribution in [1.82, 2.24) is 10.2 Å². The van der Waals surface area contributed by atoms with Crippen LogP contribution in [0.1, 0.15) is 25.7 Å². The number of carbonyl (C=O) groups is 2. The molecule has 2 N–H and O–H groups in total. The van der Waals surface area contributed by atoms with Crippen molar-refractivity contribution >= 4 is 17.5 Å². The minimum Gasteiger partial charge on any atom is -0.329 e. The Morgan fingerprint density at radius 3 is 2.67 bits per heavy atom. The van der Waals surface area contributed by atoms with Gasteiger partial charge in [-0.05, 0) is 44.4 Å². The van der Waals surface area contributed by atoms with Crippen molar-refractivity contribution in [3.63, 3.8) is 0 Å². The molecule has 2 fully saturated rings. The fraction of sp³-hybridized carbons (Fsp3) is 0.500. The molecule has 1 aromatic rings. The molecule has 0 aliphatic carbocycles. The van der Waals surface area contributed by atoms with Crippen molar-refractivity contribution < 1.29 is 9.59 Å².